The van der Waals surface area contributed by atoms with Gasteiger partial charge in [0.1, 0.15) is 0 Å². The van der Waals surface area contributed by atoms with Crippen LogP contribution in [0.5, 0.6) is 0 Å². The Hall–Kier alpha value is -3.65. The number of nitrogens with one attached hydrogen (secondary N) is 1. The van der Waals surface area contributed by atoms with E-state index in [1.54, 1.807) is 17.9 Å². The molecule has 0 saturated carbocycles. The summed E-state index contributed by atoms with van der Waals surface area (Å²) in [5.41, 5.74) is 4.02. The Morgan fingerprint density at radius 3 is 2.39 bits per heavy atom. The summed E-state index contributed by atoms with van der Waals surface area (Å²) in [7, 11) is 1.63. The maximum Gasteiger partial charge on any atom is 0.257 e. The molecule has 8 heteroatoms. The first-order valence-electron chi connectivity index (χ1n) is 11.2. The minimum atomic E-state index is -0.251. The van der Waals surface area contributed by atoms with Crippen molar-refractivity contribution in [3.8, 4) is 5.69 Å². The zero-order valence-corrected chi connectivity index (χ0v) is 19.0. The fourth-order valence-corrected chi connectivity index (χ4v) is 3.95. The summed E-state index contributed by atoms with van der Waals surface area (Å²) in [5.74, 6) is -0.481. The molecule has 4 rings (SSSR count). The molecule has 0 unspecified atom stereocenters. The van der Waals surface area contributed by atoms with E-state index in [4.69, 9.17) is 4.74 Å². The minimum absolute atomic E-state index is 0.0519. The second-order valence-electron chi connectivity index (χ2n) is 7.96. The molecule has 2 amide bonds. The summed E-state index contributed by atoms with van der Waals surface area (Å²) in [4.78, 5) is 29.3. The van der Waals surface area contributed by atoms with Gasteiger partial charge in [-0.05, 0) is 42.8 Å². The van der Waals surface area contributed by atoms with E-state index in [0.717, 1.165) is 43.4 Å². The van der Waals surface area contributed by atoms with Crippen molar-refractivity contribution in [3.05, 3.63) is 72.1 Å². The molecular formula is C25H29N5O3. The van der Waals surface area contributed by atoms with Gasteiger partial charge in [-0.1, -0.05) is 25.1 Å². The van der Waals surface area contributed by atoms with Crippen LogP contribution in [0, 0.1) is 0 Å². The number of para-hydroxylation sites is 1. The van der Waals surface area contributed by atoms with Gasteiger partial charge in [0.25, 0.3) is 5.91 Å². The van der Waals surface area contributed by atoms with Crippen LogP contribution in [0.1, 0.15) is 23.0 Å². The van der Waals surface area contributed by atoms with Crippen molar-refractivity contribution in [3.63, 3.8) is 0 Å². The third-order valence-electron chi connectivity index (χ3n) is 5.69. The standard InChI is InChI=1S/C25H29N5O3/c1-3-23-22(17-26-30(23)21-7-5-4-6-8-21)25(32)28(2)18-24(31)27-19-9-11-20(12-10-19)29-13-15-33-16-14-29/h4-12,17H,3,13-16,18H2,1-2H3,(H,27,31). The molecule has 1 N–H and O–H groups in total. The number of hydrogen-bond donors (Lipinski definition) is 1. The van der Waals surface area contributed by atoms with Crippen LogP contribution in [0.15, 0.2) is 60.8 Å². The number of morpholine rings is 1. The van der Waals surface area contributed by atoms with Crippen molar-refractivity contribution < 1.29 is 14.3 Å². The van der Waals surface area contributed by atoms with Gasteiger partial charge in [-0.15, -0.1) is 0 Å². The van der Waals surface area contributed by atoms with E-state index in [-0.39, 0.29) is 18.4 Å². The van der Waals surface area contributed by atoms with E-state index in [9.17, 15) is 9.59 Å². The molecule has 2 heterocycles. The number of aromatic nitrogens is 2. The van der Waals surface area contributed by atoms with Gasteiger partial charge in [0.15, 0.2) is 0 Å². The monoisotopic (exact) mass is 447 g/mol. The van der Waals surface area contributed by atoms with Crippen molar-refractivity contribution in [2.45, 2.75) is 13.3 Å². The average Bonchev–Trinajstić information content (AvgIpc) is 3.29. The predicted molar refractivity (Wildman–Crippen MR) is 128 cm³/mol. The van der Waals surface area contributed by atoms with E-state index in [2.05, 4.69) is 15.3 Å². The Balaban J connectivity index is 1.38. The molecule has 1 saturated heterocycles. The van der Waals surface area contributed by atoms with Crippen LogP contribution in [0.25, 0.3) is 5.69 Å². The molecule has 3 aromatic rings. The summed E-state index contributed by atoms with van der Waals surface area (Å²) >= 11 is 0. The van der Waals surface area contributed by atoms with Crippen LogP contribution >= 0.6 is 0 Å². The van der Waals surface area contributed by atoms with Crippen LogP contribution in [-0.2, 0) is 16.0 Å². The zero-order valence-electron chi connectivity index (χ0n) is 19.0. The van der Waals surface area contributed by atoms with Gasteiger partial charge in [0, 0.05) is 31.5 Å². The van der Waals surface area contributed by atoms with E-state index in [0.29, 0.717) is 17.7 Å². The molecule has 8 nitrogen and oxygen atoms in total. The number of carbonyl (C=O) groups is 2. The second-order valence-corrected chi connectivity index (χ2v) is 7.96. The van der Waals surface area contributed by atoms with E-state index in [1.807, 2.05) is 61.5 Å². The van der Waals surface area contributed by atoms with Gasteiger partial charge in [0.2, 0.25) is 5.91 Å². The van der Waals surface area contributed by atoms with Crippen molar-refractivity contribution in [2.75, 3.05) is 50.1 Å². The Kier molecular flexibility index (Phi) is 7.04. The number of ether oxygens (including phenoxy) is 1. The van der Waals surface area contributed by atoms with Gasteiger partial charge >= 0.3 is 0 Å². The number of benzene rings is 2. The Bertz CT molecular complexity index is 1090. The lowest BCUT2D eigenvalue weighted by atomic mass is 10.1. The molecule has 33 heavy (non-hydrogen) atoms. The lowest BCUT2D eigenvalue weighted by Crippen LogP contribution is -2.36. The number of hydrogen-bond acceptors (Lipinski definition) is 5. The van der Waals surface area contributed by atoms with Crippen LogP contribution in [0.4, 0.5) is 11.4 Å². The molecule has 1 aliphatic rings. The topological polar surface area (TPSA) is 79.7 Å². The summed E-state index contributed by atoms with van der Waals surface area (Å²) in [6.07, 6.45) is 2.22. The molecule has 0 atom stereocenters. The van der Waals surface area contributed by atoms with E-state index in [1.165, 1.54) is 4.90 Å². The third-order valence-corrected chi connectivity index (χ3v) is 5.69. The summed E-state index contributed by atoms with van der Waals surface area (Å²) in [5, 5.41) is 7.28. The van der Waals surface area contributed by atoms with Gasteiger partial charge in [-0.25, -0.2) is 4.68 Å². The highest BCUT2D eigenvalue weighted by Gasteiger charge is 2.22. The summed E-state index contributed by atoms with van der Waals surface area (Å²) in [6, 6.07) is 17.4. The number of anilines is 2. The van der Waals surface area contributed by atoms with Crippen LogP contribution in [-0.4, -0.2) is 66.4 Å². The van der Waals surface area contributed by atoms with Crippen molar-refractivity contribution in [1.29, 1.82) is 0 Å². The van der Waals surface area contributed by atoms with Gasteiger partial charge in [0.05, 0.1) is 42.9 Å². The molecule has 1 aromatic heterocycles. The smallest absolute Gasteiger partial charge is 0.257 e. The fourth-order valence-electron chi connectivity index (χ4n) is 3.95. The lowest BCUT2D eigenvalue weighted by Gasteiger charge is -2.28. The molecule has 0 aliphatic carbocycles. The molecular weight excluding hydrogens is 418 g/mol. The molecule has 0 bridgehead atoms. The number of rotatable bonds is 7. The quantitative estimate of drug-likeness (QED) is 0.602. The number of carbonyl (C=O) groups excluding carboxylic acids is 2. The average molecular weight is 448 g/mol. The maximum absolute atomic E-state index is 13.1. The summed E-state index contributed by atoms with van der Waals surface area (Å²) in [6.45, 7) is 5.11. The maximum atomic E-state index is 13.1. The van der Waals surface area contributed by atoms with Crippen LogP contribution in [0.3, 0.4) is 0 Å². The van der Waals surface area contributed by atoms with Crippen LogP contribution in [0.2, 0.25) is 0 Å². The normalized spacial score (nSPS) is 13.6. The second kappa shape index (κ2) is 10.3. The minimum Gasteiger partial charge on any atom is -0.378 e. The number of likely N-dealkylation sites (N-methyl/N-ethyl adjacent to an activating group) is 1. The SMILES string of the molecule is CCc1c(C(=O)N(C)CC(=O)Nc2ccc(N3CCOCC3)cc2)cnn1-c1ccccc1. The molecule has 1 aliphatic heterocycles. The molecule has 0 radical (unpaired) electrons. The van der Waals surface area contributed by atoms with Crippen molar-refractivity contribution >= 4 is 23.2 Å². The third kappa shape index (κ3) is 5.23. The van der Waals surface area contributed by atoms with Crippen molar-refractivity contribution in [2.24, 2.45) is 0 Å². The largest absolute Gasteiger partial charge is 0.378 e. The molecule has 0 spiro atoms. The summed E-state index contributed by atoms with van der Waals surface area (Å²) < 4.78 is 7.16. The van der Waals surface area contributed by atoms with Crippen LogP contribution < -0.4 is 10.2 Å². The first-order chi connectivity index (χ1) is 16.1. The first kappa shape index (κ1) is 22.5. The Labute approximate surface area is 193 Å². The molecule has 172 valence electrons. The highest BCUT2D eigenvalue weighted by Crippen LogP contribution is 2.20. The van der Waals surface area contributed by atoms with E-state index >= 15 is 0 Å². The van der Waals surface area contributed by atoms with Gasteiger partial charge in [-0.2, -0.15) is 5.10 Å². The number of amides is 2. The highest BCUT2D eigenvalue weighted by molar-refractivity contribution is 5.99. The molecule has 2 aromatic carbocycles. The Morgan fingerprint density at radius 1 is 1.03 bits per heavy atom. The lowest BCUT2D eigenvalue weighted by molar-refractivity contribution is -0.116. The number of nitrogens with zero attached hydrogens (tertiary/aromatic N) is 4. The van der Waals surface area contributed by atoms with Gasteiger partial charge < -0.3 is 19.9 Å². The molecule has 1 fully saturated rings. The predicted octanol–water partition coefficient (Wildman–Crippen LogP) is 2.98. The Morgan fingerprint density at radius 2 is 1.73 bits per heavy atom. The van der Waals surface area contributed by atoms with E-state index < -0.39 is 0 Å². The first-order valence-corrected chi connectivity index (χ1v) is 11.2. The fraction of sp³-hybridized carbons (Fsp3) is 0.320. The van der Waals surface area contributed by atoms with Crippen molar-refractivity contribution in [1.82, 2.24) is 14.7 Å². The zero-order chi connectivity index (χ0) is 23.2. The highest BCUT2D eigenvalue weighted by atomic mass is 16.5. The van der Waals surface area contributed by atoms with Gasteiger partial charge in [-0.3, -0.25) is 9.59 Å².